The summed E-state index contributed by atoms with van der Waals surface area (Å²) in [6.45, 7) is 2.76. The van der Waals surface area contributed by atoms with Gasteiger partial charge in [0.2, 0.25) is 5.88 Å². The van der Waals surface area contributed by atoms with Gasteiger partial charge in [-0.15, -0.1) is 5.10 Å². The number of nitrogens with zero attached hydrogens (tertiary/aromatic N) is 5. The van der Waals surface area contributed by atoms with Crippen LogP contribution in [0.5, 0.6) is 5.88 Å². The molecule has 4 rings (SSSR count). The Balaban J connectivity index is 1.88. The zero-order valence-corrected chi connectivity index (χ0v) is 14.3. The molecule has 1 aromatic carbocycles. The highest BCUT2D eigenvalue weighted by Gasteiger charge is 2.14. The van der Waals surface area contributed by atoms with Crippen molar-refractivity contribution in [2.24, 2.45) is 0 Å². The number of aromatic nitrogens is 5. The highest BCUT2D eigenvalue weighted by atomic mass is 19.1. The van der Waals surface area contributed by atoms with Gasteiger partial charge in [-0.1, -0.05) is 12.1 Å². The number of fused-ring (bicyclic) bond motifs is 1. The lowest BCUT2D eigenvalue weighted by atomic mass is 10.0. The van der Waals surface area contributed by atoms with Crippen molar-refractivity contribution in [1.82, 2.24) is 24.7 Å². The normalized spacial score (nSPS) is 11.0. The van der Waals surface area contributed by atoms with E-state index in [1.54, 1.807) is 42.9 Å². The number of ether oxygens (including phenoxy) is 1. The first-order chi connectivity index (χ1) is 12.7. The van der Waals surface area contributed by atoms with Crippen LogP contribution >= 0.6 is 0 Å². The average molecular weight is 349 g/mol. The first kappa shape index (κ1) is 16.1. The number of methoxy groups -OCH3 is 1. The summed E-state index contributed by atoms with van der Waals surface area (Å²) in [7, 11) is 1.53. The third-order valence-corrected chi connectivity index (χ3v) is 4.23. The molecule has 0 saturated carbocycles. The third-order valence-electron chi connectivity index (χ3n) is 4.23. The Morgan fingerprint density at radius 2 is 2.04 bits per heavy atom. The minimum atomic E-state index is -0.355. The Labute approximate surface area is 149 Å². The SMILES string of the molecule is CCn1cnc2c(-c3ccc(F)c(-c4cccc(OC)n4)c3)cnnc21. The van der Waals surface area contributed by atoms with E-state index in [9.17, 15) is 4.39 Å². The summed E-state index contributed by atoms with van der Waals surface area (Å²) in [5.74, 6) is 0.0776. The van der Waals surface area contributed by atoms with E-state index in [4.69, 9.17) is 4.74 Å². The molecule has 0 aliphatic carbocycles. The second-order valence-corrected chi connectivity index (χ2v) is 5.72. The summed E-state index contributed by atoms with van der Waals surface area (Å²) in [6.07, 6.45) is 3.38. The molecule has 0 fully saturated rings. The molecule has 0 spiro atoms. The number of hydrogen-bond acceptors (Lipinski definition) is 5. The summed E-state index contributed by atoms with van der Waals surface area (Å²) in [5.41, 5.74) is 3.93. The van der Waals surface area contributed by atoms with Crippen LogP contribution in [-0.2, 0) is 6.54 Å². The fourth-order valence-electron chi connectivity index (χ4n) is 2.88. The number of rotatable bonds is 4. The van der Waals surface area contributed by atoms with E-state index in [0.717, 1.165) is 23.2 Å². The quantitative estimate of drug-likeness (QED) is 0.562. The number of aryl methyl sites for hydroxylation is 1. The molecule has 26 heavy (non-hydrogen) atoms. The monoisotopic (exact) mass is 349 g/mol. The van der Waals surface area contributed by atoms with Crippen LogP contribution < -0.4 is 4.74 Å². The predicted molar refractivity (Wildman–Crippen MR) is 96.2 cm³/mol. The zero-order valence-electron chi connectivity index (χ0n) is 14.3. The maximum Gasteiger partial charge on any atom is 0.213 e. The third kappa shape index (κ3) is 2.67. The number of pyridine rings is 1. The molecular weight excluding hydrogens is 333 g/mol. The van der Waals surface area contributed by atoms with Gasteiger partial charge < -0.3 is 9.30 Å². The summed E-state index contributed by atoms with van der Waals surface area (Å²) < 4.78 is 21.5. The van der Waals surface area contributed by atoms with E-state index in [0.29, 0.717) is 22.8 Å². The molecular formula is C19H16FN5O. The highest BCUT2D eigenvalue weighted by Crippen LogP contribution is 2.31. The fourth-order valence-corrected chi connectivity index (χ4v) is 2.88. The molecule has 0 aliphatic heterocycles. The molecule has 130 valence electrons. The van der Waals surface area contributed by atoms with Crippen molar-refractivity contribution in [3.8, 4) is 28.3 Å². The highest BCUT2D eigenvalue weighted by molar-refractivity contribution is 5.90. The molecule has 7 heteroatoms. The van der Waals surface area contributed by atoms with E-state index in [1.165, 1.54) is 13.2 Å². The van der Waals surface area contributed by atoms with Gasteiger partial charge in [-0.2, -0.15) is 5.10 Å². The van der Waals surface area contributed by atoms with Crippen molar-refractivity contribution in [2.75, 3.05) is 7.11 Å². The van der Waals surface area contributed by atoms with E-state index in [2.05, 4.69) is 20.2 Å². The van der Waals surface area contributed by atoms with Crippen molar-refractivity contribution in [1.29, 1.82) is 0 Å². The molecule has 4 aromatic rings. The van der Waals surface area contributed by atoms with Gasteiger partial charge in [-0.3, -0.25) is 0 Å². The number of benzene rings is 1. The lowest BCUT2D eigenvalue weighted by molar-refractivity contribution is 0.398. The molecule has 0 aliphatic rings. The predicted octanol–water partition coefficient (Wildman–Crippen LogP) is 3.72. The van der Waals surface area contributed by atoms with E-state index in [1.807, 2.05) is 11.5 Å². The Bertz CT molecular complexity index is 1090. The van der Waals surface area contributed by atoms with Crippen molar-refractivity contribution >= 4 is 11.2 Å². The summed E-state index contributed by atoms with van der Waals surface area (Å²) >= 11 is 0. The molecule has 3 aromatic heterocycles. The molecule has 0 amide bonds. The lowest BCUT2D eigenvalue weighted by Crippen LogP contribution is -1.96. The second-order valence-electron chi connectivity index (χ2n) is 5.72. The van der Waals surface area contributed by atoms with Crippen LogP contribution in [0, 0.1) is 5.82 Å². The lowest BCUT2D eigenvalue weighted by Gasteiger charge is -2.08. The van der Waals surface area contributed by atoms with Crippen molar-refractivity contribution in [3.05, 3.63) is 54.7 Å². The number of halogens is 1. The second kappa shape index (κ2) is 6.51. The first-order valence-electron chi connectivity index (χ1n) is 8.19. The molecule has 0 saturated heterocycles. The minimum absolute atomic E-state index is 0.355. The van der Waals surface area contributed by atoms with Gasteiger partial charge in [0.25, 0.3) is 0 Å². The van der Waals surface area contributed by atoms with Crippen LogP contribution in [0.1, 0.15) is 6.92 Å². The van der Waals surface area contributed by atoms with Gasteiger partial charge in [0.1, 0.15) is 11.3 Å². The summed E-state index contributed by atoms with van der Waals surface area (Å²) in [5, 5.41) is 8.25. The summed E-state index contributed by atoms with van der Waals surface area (Å²) in [4.78, 5) is 8.78. The Morgan fingerprint density at radius 3 is 2.85 bits per heavy atom. The molecule has 0 radical (unpaired) electrons. The van der Waals surface area contributed by atoms with Crippen LogP contribution in [0.2, 0.25) is 0 Å². The Kier molecular flexibility index (Phi) is 4.04. The van der Waals surface area contributed by atoms with Gasteiger partial charge >= 0.3 is 0 Å². The number of imidazole rings is 1. The van der Waals surface area contributed by atoms with Gasteiger partial charge in [0, 0.05) is 23.7 Å². The molecule has 0 unspecified atom stereocenters. The van der Waals surface area contributed by atoms with Gasteiger partial charge in [0.05, 0.1) is 25.3 Å². The smallest absolute Gasteiger partial charge is 0.213 e. The maximum atomic E-state index is 14.5. The van der Waals surface area contributed by atoms with Crippen molar-refractivity contribution in [2.45, 2.75) is 13.5 Å². The summed E-state index contributed by atoms with van der Waals surface area (Å²) in [6, 6.07) is 10.1. The Hall–Kier alpha value is -3.35. The van der Waals surface area contributed by atoms with Gasteiger partial charge in [-0.25, -0.2) is 14.4 Å². The largest absolute Gasteiger partial charge is 0.481 e. The van der Waals surface area contributed by atoms with Crippen LogP contribution in [0.3, 0.4) is 0 Å². The van der Waals surface area contributed by atoms with E-state index >= 15 is 0 Å². The Morgan fingerprint density at radius 1 is 1.15 bits per heavy atom. The first-order valence-corrected chi connectivity index (χ1v) is 8.19. The number of hydrogen-bond donors (Lipinski definition) is 0. The standard InChI is InChI=1S/C19H16FN5O/c1-3-25-11-21-18-14(10-22-24-19(18)25)12-7-8-15(20)13(9-12)16-5-4-6-17(23-16)26-2/h4-11H,3H2,1-2H3. The molecule has 0 N–H and O–H groups in total. The van der Waals surface area contributed by atoms with Crippen molar-refractivity contribution < 1.29 is 9.13 Å². The van der Waals surface area contributed by atoms with Crippen LogP contribution in [-0.4, -0.2) is 31.8 Å². The van der Waals surface area contributed by atoms with E-state index in [-0.39, 0.29) is 5.82 Å². The van der Waals surface area contributed by atoms with Crippen LogP contribution in [0.4, 0.5) is 4.39 Å². The van der Waals surface area contributed by atoms with Crippen LogP contribution in [0.15, 0.2) is 48.9 Å². The molecule has 0 bridgehead atoms. The molecule has 6 nitrogen and oxygen atoms in total. The van der Waals surface area contributed by atoms with Gasteiger partial charge in [0.15, 0.2) is 5.65 Å². The molecule has 0 atom stereocenters. The average Bonchev–Trinajstić information content (AvgIpc) is 3.12. The van der Waals surface area contributed by atoms with Crippen molar-refractivity contribution in [3.63, 3.8) is 0 Å². The van der Waals surface area contributed by atoms with Gasteiger partial charge in [-0.05, 0) is 30.7 Å². The minimum Gasteiger partial charge on any atom is -0.481 e. The fraction of sp³-hybridized carbons (Fsp3) is 0.158. The zero-order chi connectivity index (χ0) is 18.1. The van der Waals surface area contributed by atoms with Crippen LogP contribution in [0.25, 0.3) is 33.5 Å². The maximum absolute atomic E-state index is 14.5. The van der Waals surface area contributed by atoms with E-state index < -0.39 is 0 Å². The topological polar surface area (TPSA) is 65.7 Å². The molecule has 3 heterocycles.